The van der Waals surface area contributed by atoms with Gasteiger partial charge >= 0.3 is 5.97 Å². The number of nitrogens with zero attached hydrogens (tertiary/aromatic N) is 1. The second-order valence-corrected chi connectivity index (χ2v) is 11.8. The summed E-state index contributed by atoms with van der Waals surface area (Å²) in [7, 11) is 0. The van der Waals surface area contributed by atoms with E-state index in [9.17, 15) is 14.4 Å². The van der Waals surface area contributed by atoms with Gasteiger partial charge in [-0.25, -0.2) is 0 Å². The maximum atomic E-state index is 12.3. The molecule has 2 amide bonds. The summed E-state index contributed by atoms with van der Waals surface area (Å²) in [4.78, 5) is 37.4. The molecule has 1 aromatic carbocycles. The number of benzene rings is 1. The van der Waals surface area contributed by atoms with E-state index in [1.807, 2.05) is 20.8 Å². The highest BCUT2D eigenvalue weighted by atomic mass is 16.6. The Labute approximate surface area is 296 Å². The molecule has 0 radical (unpaired) electrons. The SMILES string of the molecule is CC(C)(C)OC(=O)CCOCCOCCOCCOCCOCCOCCOCCOCCOCCOCCN1C(=O)c2ccccc2C1=O. The van der Waals surface area contributed by atoms with Crippen molar-refractivity contribution in [1.82, 2.24) is 4.90 Å². The first-order chi connectivity index (χ1) is 24.3. The summed E-state index contributed by atoms with van der Waals surface area (Å²) in [6, 6.07) is 6.81. The van der Waals surface area contributed by atoms with E-state index >= 15 is 0 Å². The van der Waals surface area contributed by atoms with Gasteiger partial charge in [0, 0.05) is 0 Å². The van der Waals surface area contributed by atoms with E-state index in [0.717, 1.165) is 0 Å². The molecule has 1 aliphatic rings. The molecule has 0 spiro atoms. The van der Waals surface area contributed by atoms with E-state index in [1.165, 1.54) is 4.90 Å². The van der Waals surface area contributed by atoms with Gasteiger partial charge in [-0.1, -0.05) is 12.1 Å². The number of fused-ring (bicyclic) bond motifs is 1. The van der Waals surface area contributed by atoms with Gasteiger partial charge in [0.25, 0.3) is 11.8 Å². The normalized spacial score (nSPS) is 13.0. The number of amides is 2. The molecule has 1 aromatic rings. The van der Waals surface area contributed by atoms with E-state index in [2.05, 4.69) is 0 Å². The number of hydrogen-bond donors (Lipinski definition) is 0. The van der Waals surface area contributed by atoms with Crippen molar-refractivity contribution >= 4 is 17.8 Å². The Morgan fingerprint density at radius 2 is 0.760 bits per heavy atom. The van der Waals surface area contributed by atoms with Crippen LogP contribution in [-0.2, 0) is 56.9 Å². The van der Waals surface area contributed by atoms with Gasteiger partial charge in [-0.05, 0) is 32.9 Å². The Hall–Kier alpha value is -2.57. The van der Waals surface area contributed by atoms with Gasteiger partial charge in [-0.3, -0.25) is 19.3 Å². The standard InChI is InChI=1S/C35H57NO14/c1-35(2,3)50-32(37)8-10-40-12-14-42-16-18-44-20-22-46-24-26-48-28-29-49-27-25-47-23-21-45-19-17-43-15-13-41-11-9-36-33(38)30-6-4-5-7-31(30)34(36)39/h4-7H,8-29H2,1-3H3. The summed E-state index contributed by atoms with van der Waals surface area (Å²) in [6.45, 7) is 14.4. The zero-order valence-corrected chi connectivity index (χ0v) is 30.0. The highest BCUT2D eigenvalue weighted by Crippen LogP contribution is 2.21. The molecule has 0 unspecified atom stereocenters. The molecule has 0 saturated carbocycles. The minimum Gasteiger partial charge on any atom is -0.460 e. The number of carbonyl (C=O) groups is 3. The lowest BCUT2D eigenvalue weighted by atomic mass is 10.1. The van der Waals surface area contributed by atoms with Crippen LogP contribution < -0.4 is 0 Å². The number of carbonyl (C=O) groups excluding carboxylic acids is 3. The number of rotatable bonds is 33. The third-order valence-electron chi connectivity index (χ3n) is 6.56. The van der Waals surface area contributed by atoms with E-state index in [0.29, 0.717) is 137 Å². The largest absolute Gasteiger partial charge is 0.460 e. The van der Waals surface area contributed by atoms with Crippen LogP contribution in [0.15, 0.2) is 24.3 Å². The Morgan fingerprint density at radius 3 is 1.06 bits per heavy atom. The lowest BCUT2D eigenvalue weighted by Crippen LogP contribution is -2.33. The molecule has 50 heavy (non-hydrogen) atoms. The fraction of sp³-hybridized carbons (Fsp3) is 0.743. The monoisotopic (exact) mass is 715 g/mol. The minimum atomic E-state index is -0.480. The molecular formula is C35H57NO14. The first-order valence-corrected chi connectivity index (χ1v) is 17.2. The van der Waals surface area contributed by atoms with Gasteiger partial charge in [0.15, 0.2) is 0 Å². The second kappa shape index (κ2) is 28.1. The van der Waals surface area contributed by atoms with Crippen LogP contribution in [-0.4, -0.2) is 167 Å². The quantitative estimate of drug-likeness (QED) is 0.0593. The summed E-state index contributed by atoms with van der Waals surface area (Å²) in [5.74, 6) is -0.834. The minimum absolute atomic E-state index is 0.210. The van der Waals surface area contributed by atoms with Gasteiger partial charge in [0.2, 0.25) is 0 Å². The maximum Gasteiger partial charge on any atom is 0.308 e. The van der Waals surface area contributed by atoms with E-state index < -0.39 is 5.60 Å². The molecule has 286 valence electrons. The molecule has 0 atom stereocenters. The molecule has 0 aliphatic carbocycles. The predicted molar refractivity (Wildman–Crippen MR) is 180 cm³/mol. The third-order valence-corrected chi connectivity index (χ3v) is 6.56. The summed E-state index contributed by atoms with van der Waals surface area (Å²) in [6.07, 6.45) is 0.225. The van der Waals surface area contributed by atoms with E-state index in [-0.39, 0.29) is 37.4 Å². The van der Waals surface area contributed by atoms with Crippen LogP contribution in [0.1, 0.15) is 47.9 Å². The number of hydrogen-bond acceptors (Lipinski definition) is 14. The van der Waals surface area contributed by atoms with Crippen molar-refractivity contribution in [2.45, 2.75) is 32.8 Å². The van der Waals surface area contributed by atoms with Crippen LogP contribution in [0.4, 0.5) is 0 Å². The smallest absolute Gasteiger partial charge is 0.308 e. The molecule has 2 rings (SSSR count). The third kappa shape index (κ3) is 21.6. The topological polar surface area (TPSA) is 156 Å². The maximum absolute atomic E-state index is 12.3. The Morgan fingerprint density at radius 1 is 0.480 bits per heavy atom. The van der Waals surface area contributed by atoms with Crippen LogP contribution in [0.2, 0.25) is 0 Å². The van der Waals surface area contributed by atoms with Crippen molar-refractivity contribution in [2.75, 3.05) is 139 Å². The van der Waals surface area contributed by atoms with Gasteiger partial charge in [0.1, 0.15) is 5.60 Å². The number of ether oxygens (including phenoxy) is 11. The van der Waals surface area contributed by atoms with Crippen molar-refractivity contribution in [3.05, 3.63) is 35.4 Å². The zero-order chi connectivity index (χ0) is 36.1. The number of esters is 1. The summed E-state index contributed by atoms with van der Waals surface area (Å²) in [5, 5.41) is 0. The molecule has 0 N–H and O–H groups in total. The Kier molecular flexibility index (Phi) is 24.5. The molecule has 15 nitrogen and oxygen atoms in total. The second-order valence-electron chi connectivity index (χ2n) is 11.8. The lowest BCUT2D eigenvalue weighted by Gasteiger charge is -2.19. The number of imide groups is 1. The van der Waals surface area contributed by atoms with Crippen molar-refractivity contribution < 1.29 is 66.5 Å². The summed E-state index contributed by atoms with van der Waals surface area (Å²) in [5.41, 5.74) is 0.397. The molecule has 0 saturated heterocycles. The average molecular weight is 716 g/mol. The summed E-state index contributed by atoms with van der Waals surface area (Å²) < 4.78 is 59.7. The highest BCUT2D eigenvalue weighted by Gasteiger charge is 2.34. The van der Waals surface area contributed by atoms with E-state index in [1.54, 1.807) is 24.3 Å². The molecular weight excluding hydrogens is 658 g/mol. The molecule has 1 heterocycles. The van der Waals surface area contributed by atoms with Gasteiger partial charge in [0.05, 0.1) is 156 Å². The van der Waals surface area contributed by atoms with Crippen molar-refractivity contribution in [1.29, 1.82) is 0 Å². The predicted octanol–water partition coefficient (Wildman–Crippen LogP) is 2.18. The van der Waals surface area contributed by atoms with Crippen LogP contribution in [0.5, 0.6) is 0 Å². The Bertz CT molecular complexity index is 1020. The van der Waals surface area contributed by atoms with Crippen LogP contribution in [0.25, 0.3) is 0 Å². The van der Waals surface area contributed by atoms with Crippen LogP contribution >= 0.6 is 0 Å². The fourth-order valence-corrected chi connectivity index (χ4v) is 4.23. The van der Waals surface area contributed by atoms with E-state index in [4.69, 9.17) is 52.1 Å². The lowest BCUT2D eigenvalue weighted by molar-refractivity contribution is -0.156. The van der Waals surface area contributed by atoms with Gasteiger partial charge < -0.3 is 52.1 Å². The van der Waals surface area contributed by atoms with Crippen molar-refractivity contribution in [3.63, 3.8) is 0 Å². The van der Waals surface area contributed by atoms with Crippen LogP contribution in [0.3, 0.4) is 0 Å². The highest BCUT2D eigenvalue weighted by molar-refractivity contribution is 6.21. The average Bonchev–Trinajstić information content (AvgIpc) is 3.32. The fourth-order valence-electron chi connectivity index (χ4n) is 4.23. The zero-order valence-electron chi connectivity index (χ0n) is 30.0. The molecule has 0 bridgehead atoms. The van der Waals surface area contributed by atoms with Gasteiger partial charge in [-0.15, -0.1) is 0 Å². The van der Waals surface area contributed by atoms with Crippen molar-refractivity contribution in [3.8, 4) is 0 Å². The van der Waals surface area contributed by atoms with Crippen molar-refractivity contribution in [2.24, 2.45) is 0 Å². The molecule has 0 aromatic heterocycles. The van der Waals surface area contributed by atoms with Crippen LogP contribution in [0, 0.1) is 0 Å². The molecule has 1 aliphatic heterocycles. The van der Waals surface area contributed by atoms with Gasteiger partial charge in [-0.2, -0.15) is 0 Å². The Balaban J connectivity index is 1.18. The molecule has 0 fully saturated rings. The first-order valence-electron chi connectivity index (χ1n) is 17.2. The first kappa shape index (κ1) is 43.6. The summed E-state index contributed by atoms with van der Waals surface area (Å²) >= 11 is 0. The molecule has 15 heteroatoms.